The largest absolute Gasteiger partial charge is 0.249 e. The van der Waals surface area contributed by atoms with Crippen molar-refractivity contribution in [2.45, 2.75) is 38.5 Å². The van der Waals surface area contributed by atoms with E-state index < -0.39 is 5.92 Å². The summed E-state index contributed by atoms with van der Waals surface area (Å²) in [4.78, 5) is 0. The third kappa shape index (κ3) is 0.708. The molecule has 0 saturated heterocycles. The van der Waals surface area contributed by atoms with Gasteiger partial charge in [0.15, 0.2) is 0 Å². The summed E-state index contributed by atoms with van der Waals surface area (Å²) in [6, 6.07) is 0. The van der Waals surface area contributed by atoms with Crippen molar-refractivity contribution in [1.82, 2.24) is 0 Å². The molecule has 1 spiro atoms. The van der Waals surface area contributed by atoms with E-state index in [1.807, 2.05) is 0 Å². The van der Waals surface area contributed by atoms with E-state index in [2.05, 4.69) is 6.92 Å². The quantitative estimate of drug-likeness (QED) is 0.533. The Morgan fingerprint density at radius 1 is 1.40 bits per heavy atom. The first-order valence-corrected chi connectivity index (χ1v) is 3.96. The lowest BCUT2D eigenvalue weighted by Gasteiger charge is -2.36. The maximum Gasteiger partial charge on any atom is 0.249 e. The Morgan fingerprint density at radius 3 is 2.30 bits per heavy atom. The number of rotatable bonds is 1. The average molecular weight is 146 g/mol. The minimum absolute atomic E-state index is 0.123. The van der Waals surface area contributed by atoms with Gasteiger partial charge in [0, 0.05) is 12.8 Å². The van der Waals surface area contributed by atoms with E-state index in [1.165, 1.54) is 0 Å². The Kier molecular flexibility index (Phi) is 1.01. The Morgan fingerprint density at radius 2 is 2.00 bits per heavy atom. The zero-order valence-electron chi connectivity index (χ0n) is 6.16. The van der Waals surface area contributed by atoms with Crippen molar-refractivity contribution in [1.29, 1.82) is 0 Å². The van der Waals surface area contributed by atoms with Gasteiger partial charge in [0.1, 0.15) is 0 Å². The first kappa shape index (κ1) is 6.56. The molecule has 58 valence electrons. The molecule has 1 atom stereocenters. The van der Waals surface area contributed by atoms with Gasteiger partial charge in [0.05, 0.1) is 0 Å². The zero-order chi connectivity index (χ0) is 7.41. The topological polar surface area (TPSA) is 0 Å². The van der Waals surface area contributed by atoms with Gasteiger partial charge in [-0.15, -0.1) is 0 Å². The van der Waals surface area contributed by atoms with Crippen molar-refractivity contribution < 1.29 is 8.78 Å². The highest BCUT2D eigenvalue weighted by atomic mass is 19.3. The molecule has 0 nitrogen and oxygen atoms in total. The fourth-order valence-corrected chi connectivity index (χ4v) is 2.42. The second-order valence-electron chi connectivity index (χ2n) is 3.88. The van der Waals surface area contributed by atoms with Crippen LogP contribution < -0.4 is 0 Å². The van der Waals surface area contributed by atoms with E-state index in [-0.39, 0.29) is 18.3 Å². The van der Waals surface area contributed by atoms with Gasteiger partial charge in [-0.25, -0.2) is 8.78 Å². The Hall–Kier alpha value is -0.140. The molecule has 0 heterocycles. The summed E-state index contributed by atoms with van der Waals surface area (Å²) in [5, 5.41) is 0. The third-order valence-corrected chi connectivity index (χ3v) is 3.07. The molecule has 2 aliphatic rings. The van der Waals surface area contributed by atoms with Crippen LogP contribution in [-0.2, 0) is 0 Å². The molecule has 0 N–H and O–H groups in total. The molecule has 0 amide bonds. The summed E-state index contributed by atoms with van der Waals surface area (Å²) < 4.78 is 24.8. The van der Waals surface area contributed by atoms with Crippen molar-refractivity contribution in [3.63, 3.8) is 0 Å². The van der Waals surface area contributed by atoms with Gasteiger partial charge in [-0.1, -0.05) is 13.3 Å². The van der Waals surface area contributed by atoms with Crippen LogP contribution >= 0.6 is 0 Å². The predicted molar refractivity (Wildman–Crippen MR) is 35.0 cm³/mol. The van der Waals surface area contributed by atoms with Crippen LogP contribution in [0.25, 0.3) is 0 Å². The van der Waals surface area contributed by atoms with Crippen molar-refractivity contribution >= 4 is 0 Å². The average Bonchev–Trinajstić information content (AvgIpc) is 2.39. The SMILES string of the molecule is CCC1CC12CC(F)(F)C2. The molecule has 2 aliphatic carbocycles. The minimum atomic E-state index is -2.30. The predicted octanol–water partition coefficient (Wildman–Crippen LogP) is 2.83. The van der Waals surface area contributed by atoms with E-state index in [0.29, 0.717) is 5.92 Å². The van der Waals surface area contributed by atoms with Crippen molar-refractivity contribution in [3.05, 3.63) is 0 Å². The highest BCUT2D eigenvalue weighted by molar-refractivity contribution is 5.13. The van der Waals surface area contributed by atoms with Gasteiger partial charge in [-0.2, -0.15) is 0 Å². The van der Waals surface area contributed by atoms with E-state index in [1.54, 1.807) is 0 Å². The Balaban J connectivity index is 1.92. The van der Waals surface area contributed by atoms with Crippen LogP contribution in [0.4, 0.5) is 8.78 Å². The van der Waals surface area contributed by atoms with Crippen molar-refractivity contribution in [2.24, 2.45) is 11.3 Å². The second-order valence-corrected chi connectivity index (χ2v) is 3.88. The summed E-state index contributed by atoms with van der Waals surface area (Å²) in [6.07, 6.45) is 2.52. The molecular weight excluding hydrogens is 134 g/mol. The van der Waals surface area contributed by atoms with Crippen LogP contribution in [-0.4, -0.2) is 5.92 Å². The number of halogens is 2. The lowest BCUT2D eigenvalue weighted by molar-refractivity contribution is -0.126. The van der Waals surface area contributed by atoms with Gasteiger partial charge in [0.25, 0.3) is 0 Å². The molecule has 2 rings (SSSR count). The molecule has 0 aromatic rings. The lowest BCUT2D eigenvalue weighted by Crippen LogP contribution is -2.38. The van der Waals surface area contributed by atoms with Gasteiger partial charge in [-0.3, -0.25) is 0 Å². The molecule has 10 heavy (non-hydrogen) atoms. The van der Waals surface area contributed by atoms with Crippen LogP contribution in [0, 0.1) is 11.3 Å². The monoisotopic (exact) mass is 146 g/mol. The van der Waals surface area contributed by atoms with E-state index >= 15 is 0 Å². The molecule has 0 radical (unpaired) electrons. The van der Waals surface area contributed by atoms with Gasteiger partial charge in [-0.05, 0) is 17.8 Å². The first-order valence-electron chi connectivity index (χ1n) is 3.96. The standard InChI is InChI=1S/C8H12F2/c1-2-6-3-7(6)4-8(9,10)5-7/h6H,2-5H2,1H3. The molecule has 0 aromatic heterocycles. The number of hydrogen-bond acceptors (Lipinski definition) is 0. The Bertz CT molecular complexity index is 155. The lowest BCUT2D eigenvalue weighted by atomic mass is 9.76. The minimum Gasteiger partial charge on any atom is -0.207 e. The van der Waals surface area contributed by atoms with Gasteiger partial charge < -0.3 is 0 Å². The maximum absolute atomic E-state index is 12.4. The summed E-state index contributed by atoms with van der Waals surface area (Å²) >= 11 is 0. The van der Waals surface area contributed by atoms with Crippen LogP contribution in [0.3, 0.4) is 0 Å². The molecule has 0 aliphatic heterocycles. The highest BCUT2D eigenvalue weighted by Crippen LogP contribution is 2.71. The van der Waals surface area contributed by atoms with E-state index in [0.717, 1.165) is 12.8 Å². The molecule has 2 fully saturated rings. The fourth-order valence-electron chi connectivity index (χ4n) is 2.42. The van der Waals surface area contributed by atoms with E-state index in [9.17, 15) is 8.78 Å². The third-order valence-electron chi connectivity index (χ3n) is 3.07. The van der Waals surface area contributed by atoms with Crippen LogP contribution in [0.2, 0.25) is 0 Å². The molecule has 2 saturated carbocycles. The van der Waals surface area contributed by atoms with Crippen molar-refractivity contribution in [2.75, 3.05) is 0 Å². The zero-order valence-corrected chi connectivity index (χ0v) is 6.16. The van der Waals surface area contributed by atoms with E-state index in [4.69, 9.17) is 0 Å². The molecule has 1 unspecified atom stereocenters. The fraction of sp³-hybridized carbons (Fsp3) is 1.00. The van der Waals surface area contributed by atoms with Gasteiger partial charge >= 0.3 is 0 Å². The molecule has 2 heteroatoms. The highest BCUT2D eigenvalue weighted by Gasteiger charge is 2.67. The molecule has 0 bridgehead atoms. The summed E-state index contributed by atoms with van der Waals surface area (Å²) in [6.45, 7) is 2.09. The maximum atomic E-state index is 12.4. The summed E-state index contributed by atoms with van der Waals surface area (Å²) in [5.41, 5.74) is 0.123. The summed E-state index contributed by atoms with van der Waals surface area (Å²) in [7, 11) is 0. The first-order chi connectivity index (χ1) is 4.58. The smallest absolute Gasteiger partial charge is 0.207 e. The van der Waals surface area contributed by atoms with Crippen LogP contribution in [0.5, 0.6) is 0 Å². The number of alkyl halides is 2. The summed E-state index contributed by atoms with van der Waals surface area (Å²) in [5.74, 6) is -1.67. The van der Waals surface area contributed by atoms with Crippen LogP contribution in [0.15, 0.2) is 0 Å². The molecule has 0 aromatic carbocycles. The Labute approximate surface area is 59.6 Å². The second kappa shape index (κ2) is 1.54. The normalized spacial score (nSPS) is 39.3. The van der Waals surface area contributed by atoms with Crippen molar-refractivity contribution in [3.8, 4) is 0 Å². The van der Waals surface area contributed by atoms with Crippen LogP contribution in [0.1, 0.15) is 32.6 Å². The molecular formula is C8H12F2. The van der Waals surface area contributed by atoms with Gasteiger partial charge in [0.2, 0.25) is 5.92 Å². The number of hydrogen-bond donors (Lipinski definition) is 0.